The molecule has 0 saturated carbocycles. The predicted molar refractivity (Wildman–Crippen MR) is 66.1 cm³/mol. The van der Waals surface area contributed by atoms with Gasteiger partial charge in [0.2, 0.25) is 0 Å². The Morgan fingerprint density at radius 1 is 1.12 bits per heavy atom. The van der Waals surface area contributed by atoms with E-state index in [0.717, 1.165) is 5.56 Å². The Hall–Kier alpha value is -2.21. The van der Waals surface area contributed by atoms with E-state index in [-0.39, 0.29) is 6.04 Å². The van der Waals surface area contributed by atoms with E-state index in [0.29, 0.717) is 11.6 Å². The molecule has 0 aromatic carbocycles. The molecule has 1 unspecified atom stereocenters. The molecule has 1 atom stereocenters. The zero-order valence-electron chi connectivity index (χ0n) is 9.46. The SMILES string of the molecule is CC(Nc1cncc(NN)n1)c1ccncc1. The monoisotopic (exact) mass is 230 g/mol. The van der Waals surface area contributed by atoms with Crippen molar-refractivity contribution in [1.82, 2.24) is 15.0 Å². The summed E-state index contributed by atoms with van der Waals surface area (Å²) in [6.45, 7) is 2.04. The second kappa shape index (κ2) is 5.22. The average Bonchev–Trinajstić information content (AvgIpc) is 2.40. The molecule has 0 aliphatic rings. The van der Waals surface area contributed by atoms with Gasteiger partial charge in [0.25, 0.3) is 0 Å². The summed E-state index contributed by atoms with van der Waals surface area (Å²) in [6.07, 6.45) is 6.73. The van der Waals surface area contributed by atoms with Crippen LogP contribution in [0.2, 0.25) is 0 Å². The normalized spacial score (nSPS) is 11.9. The zero-order chi connectivity index (χ0) is 12.1. The van der Waals surface area contributed by atoms with Crippen LogP contribution >= 0.6 is 0 Å². The van der Waals surface area contributed by atoms with Crippen LogP contribution in [0.5, 0.6) is 0 Å². The fraction of sp³-hybridized carbons (Fsp3) is 0.182. The fourth-order valence-corrected chi connectivity index (χ4v) is 1.46. The lowest BCUT2D eigenvalue weighted by Gasteiger charge is -2.14. The second-order valence-electron chi connectivity index (χ2n) is 3.58. The van der Waals surface area contributed by atoms with Crippen molar-refractivity contribution in [1.29, 1.82) is 0 Å². The summed E-state index contributed by atoms with van der Waals surface area (Å²) in [5, 5.41) is 3.24. The summed E-state index contributed by atoms with van der Waals surface area (Å²) >= 11 is 0. The van der Waals surface area contributed by atoms with E-state index in [9.17, 15) is 0 Å². The van der Waals surface area contributed by atoms with Gasteiger partial charge < -0.3 is 10.7 Å². The van der Waals surface area contributed by atoms with Crippen molar-refractivity contribution in [3.63, 3.8) is 0 Å². The third kappa shape index (κ3) is 2.88. The molecular weight excluding hydrogens is 216 g/mol. The predicted octanol–water partition coefficient (Wildman–Crippen LogP) is 1.33. The molecule has 4 N–H and O–H groups in total. The van der Waals surface area contributed by atoms with Crippen molar-refractivity contribution >= 4 is 11.6 Å². The number of hydrazine groups is 1. The van der Waals surface area contributed by atoms with Gasteiger partial charge in [0, 0.05) is 12.4 Å². The summed E-state index contributed by atoms with van der Waals surface area (Å²) in [7, 11) is 0. The van der Waals surface area contributed by atoms with Crippen molar-refractivity contribution in [2.45, 2.75) is 13.0 Å². The lowest BCUT2D eigenvalue weighted by atomic mass is 10.1. The Kier molecular flexibility index (Phi) is 3.46. The van der Waals surface area contributed by atoms with Crippen LogP contribution in [-0.2, 0) is 0 Å². The standard InChI is InChI=1S/C11H14N6/c1-8(9-2-4-13-5-3-9)15-10-6-14-7-11(16-10)17-12/h2-8H,12H2,1H3,(H2,15,16,17). The molecule has 2 aromatic rings. The first kappa shape index (κ1) is 11.3. The van der Waals surface area contributed by atoms with Gasteiger partial charge in [-0.3, -0.25) is 9.97 Å². The van der Waals surface area contributed by atoms with Crippen molar-refractivity contribution in [2.24, 2.45) is 5.84 Å². The summed E-state index contributed by atoms with van der Waals surface area (Å²) in [5.74, 6) is 6.47. The highest BCUT2D eigenvalue weighted by atomic mass is 15.3. The minimum Gasteiger partial charge on any atom is -0.362 e. The van der Waals surface area contributed by atoms with Crippen molar-refractivity contribution in [3.05, 3.63) is 42.5 Å². The minimum atomic E-state index is 0.125. The van der Waals surface area contributed by atoms with Gasteiger partial charge in [0.1, 0.15) is 5.82 Å². The highest BCUT2D eigenvalue weighted by molar-refractivity contribution is 5.42. The van der Waals surface area contributed by atoms with E-state index in [4.69, 9.17) is 5.84 Å². The summed E-state index contributed by atoms with van der Waals surface area (Å²) in [6, 6.07) is 4.03. The van der Waals surface area contributed by atoms with Crippen LogP contribution in [0, 0.1) is 0 Å². The molecule has 2 aromatic heterocycles. The third-order valence-corrected chi connectivity index (χ3v) is 2.35. The van der Waals surface area contributed by atoms with E-state index in [2.05, 4.69) is 25.7 Å². The summed E-state index contributed by atoms with van der Waals surface area (Å²) < 4.78 is 0. The lowest BCUT2D eigenvalue weighted by Crippen LogP contribution is -2.12. The Morgan fingerprint density at radius 2 is 1.82 bits per heavy atom. The molecule has 6 heteroatoms. The first-order valence-electron chi connectivity index (χ1n) is 5.24. The molecule has 2 rings (SSSR count). The number of nitrogens with zero attached hydrogens (tertiary/aromatic N) is 3. The maximum atomic E-state index is 5.27. The molecule has 0 amide bonds. The molecule has 88 valence electrons. The van der Waals surface area contributed by atoms with Crippen LogP contribution in [0.3, 0.4) is 0 Å². The molecule has 0 aliphatic carbocycles. The van der Waals surface area contributed by atoms with E-state index >= 15 is 0 Å². The van der Waals surface area contributed by atoms with Crippen LogP contribution in [0.4, 0.5) is 11.6 Å². The van der Waals surface area contributed by atoms with Gasteiger partial charge in [-0.2, -0.15) is 0 Å². The maximum absolute atomic E-state index is 5.27. The number of rotatable bonds is 4. The first-order chi connectivity index (χ1) is 8.29. The van der Waals surface area contributed by atoms with Gasteiger partial charge in [0.05, 0.1) is 18.4 Å². The molecule has 0 bridgehead atoms. The zero-order valence-corrected chi connectivity index (χ0v) is 9.46. The van der Waals surface area contributed by atoms with Crippen LogP contribution in [-0.4, -0.2) is 15.0 Å². The van der Waals surface area contributed by atoms with Gasteiger partial charge in [0.15, 0.2) is 5.82 Å². The minimum absolute atomic E-state index is 0.125. The average molecular weight is 230 g/mol. The van der Waals surface area contributed by atoms with E-state index in [1.165, 1.54) is 0 Å². The van der Waals surface area contributed by atoms with Crippen LogP contribution in [0.25, 0.3) is 0 Å². The number of nitrogens with one attached hydrogen (secondary N) is 2. The number of hydrogen-bond donors (Lipinski definition) is 3. The molecule has 0 radical (unpaired) electrons. The Labute approximate surface area is 99.3 Å². The second-order valence-corrected chi connectivity index (χ2v) is 3.58. The van der Waals surface area contributed by atoms with Gasteiger partial charge in [-0.15, -0.1) is 0 Å². The molecular formula is C11H14N6. The van der Waals surface area contributed by atoms with Gasteiger partial charge in [-0.25, -0.2) is 10.8 Å². The molecule has 2 heterocycles. The smallest absolute Gasteiger partial charge is 0.160 e. The quantitative estimate of drug-likeness (QED) is 0.542. The van der Waals surface area contributed by atoms with Gasteiger partial charge in [-0.1, -0.05) is 0 Å². The van der Waals surface area contributed by atoms with E-state index < -0.39 is 0 Å². The highest BCUT2D eigenvalue weighted by Crippen LogP contribution is 2.16. The Balaban J connectivity index is 2.10. The summed E-state index contributed by atoms with van der Waals surface area (Å²) in [4.78, 5) is 12.2. The first-order valence-corrected chi connectivity index (χ1v) is 5.24. The third-order valence-electron chi connectivity index (χ3n) is 2.35. The molecule has 0 spiro atoms. The van der Waals surface area contributed by atoms with Gasteiger partial charge in [-0.05, 0) is 24.6 Å². The number of pyridine rings is 1. The maximum Gasteiger partial charge on any atom is 0.160 e. The lowest BCUT2D eigenvalue weighted by molar-refractivity contribution is 0.868. The Morgan fingerprint density at radius 3 is 2.53 bits per heavy atom. The molecule has 0 fully saturated rings. The largest absolute Gasteiger partial charge is 0.362 e. The fourth-order valence-electron chi connectivity index (χ4n) is 1.46. The number of anilines is 2. The van der Waals surface area contributed by atoms with Crippen LogP contribution in [0.1, 0.15) is 18.5 Å². The molecule has 0 saturated heterocycles. The Bertz CT molecular complexity index is 472. The number of nitrogen functional groups attached to an aromatic ring is 1. The van der Waals surface area contributed by atoms with E-state index in [1.807, 2.05) is 19.1 Å². The van der Waals surface area contributed by atoms with Crippen LogP contribution < -0.4 is 16.6 Å². The number of hydrogen-bond acceptors (Lipinski definition) is 6. The molecule has 0 aliphatic heterocycles. The number of aromatic nitrogens is 3. The van der Waals surface area contributed by atoms with Crippen molar-refractivity contribution in [2.75, 3.05) is 10.7 Å². The summed E-state index contributed by atoms with van der Waals surface area (Å²) in [5.41, 5.74) is 3.59. The highest BCUT2D eigenvalue weighted by Gasteiger charge is 2.06. The van der Waals surface area contributed by atoms with Crippen molar-refractivity contribution in [3.8, 4) is 0 Å². The van der Waals surface area contributed by atoms with Gasteiger partial charge >= 0.3 is 0 Å². The number of nitrogens with two attached hydrogens (primary N) is 1. The van der Waals surface area contributed by atoms with E-state index in [1.54, 1.807) is 24.8 Å². The topological polar surface area (TPSA) is 88.8 Å². The molecule has 17 heavy (non-hydrogen) atoms. The van der Waals surface area contributed by atoms with Crippen molar-refractivity contribution < 1.29 is 0 Å². The van der Waals surface area contributed by atoms with Crippen LogP contribution in [0.15, 0.2) is 36.9 Å². The molecule has 6 nitrogen and oxygen atoms in total.